The van der Waals surface area contributed by atoms with E-state index in [2.05, 4.69) is 50.5 Å². The summed E-state index contributed by atoms with van der Waals surface area (Å²) >= 11 is 3.63. The minimum Gasteiger partial charge on any atom is -0.320 e. The van der Waals surface area contributed by atoms with Crippen molar-refractivity contribution in [1.29, 1.82) is 0 Å². The number of rotatable bonds is 1. The number of likely N-dealkylation sites (tertiary alicyclic amines) is 1. The Morgan fingerprint density at radius 2 is 1.91 bits per heavy atom. The highest BCUT2D eigenvalue weighted by atomic mass is 79.9. The third-order valence-electron chi connectivity index (χ3n) is 5.36. The van der Waals surface area contributed by atoms with Gasteiger partial charge in [0.1, 0.15) is 0 Å². The third-order valence-corrected chi connectivity index (χ3v) is 5.86. The number of aromatic nitrogens is 1. The first-order chi connectivity index (χ1) is 10.3. The number of pyridine rings is 1. The molecular weight excluding hydrogens is 360 g/mol. The SMILES string of the molecule is Cc1c2c(n3ccc(Br)cc13)CCCC2N1CCCCC1.Cl. The Morgan fingerprint density at radius 3 is 2.68 bits per heavy atom. The predicted molar refractivity (Wildman–Crippen MR) is 98.2 cm³/mol. The van der Waals surface area contributed by atoms with E-state index in [-0.39, 0.29) is 12.4 Å². The van der Waals surface area contributed by atoms with Crippen molar-refractivity contribution in [2.75, 3.05) is 13.1 Å². The number of piperidine rings is 1. The van der Waals surface area contributed by atoms with Crippen LogP contribution < -0.4 is 0 Å². The van der Waals surface area contributed by atoms with Crippen LogP contribution in [-0.4, -0.2) is 22.4 Å². The predicted octanol–water partition coefficient (Wildman–Crippen LogP) is 5.30. The molecule has 120 valence electrons. The van der Waals surface area contributed by atoms with Gasteiger partial charge in [-0.1, -0.05) is 22.4 Å². The number of fused-ring (bicyclic) bond motifs is 3. The molecule has 0 aromatic carbocycles. The molecule has 0 radical (unpaired) electrons. The Hall–Kier alpha value is -0.510. The van der Waals surface area contributed by atoms with Crippen LogP contribution in [0.3, 0.4) is 0 Å². The van der Waals surface area contributed by atoms with Crippen LogP contribution in [0.2, 0.25) is 0 Å². The van der Waals surface area contributed by atoms with Crippen molar-refractivity contribution >= 4 is 33.9 Å². The second-order valence-electron chi connectivity index (χ2n) is 6.59. The lowest BCUT2D eigenvalue weighted by Crippen LogP contribution is -2.35. The zero-order valence-electron chi connectivity index (χ0n) is 13.1. The van der Waals surface area contributed by atoms with Gasteiger partial charge in [-0.15, -0.1) is 12.4 Å². The third kappa shape index (κ3) is 2.61. The van der Waals surface area contributed by atoms with Crippen molar-refractivity contribution in [3.05, 3.63) is 39.6 Å². The van der Waals surface area contributed by atoms with Gasteiger partial charge in [-0.05, 0) is 75.4 Å². The van der Waals surface area contributed by atoms with Crippen LogP contribution in [0.25, 0.3) is 5.52 Å². The van der Waals surface area contributed by atoms with Crippen LogP contribution in [0.4, 0.5) is 0 Å². The molecule has 1 saturated heterocycles. The molecule has 0 spiro atoms. The fourth-order valence-electron chi connectivity index (χ4n) is 4.38. The van der Waals surface area contributed by atoms with E-state index in [1.165, 1.54) is 67.2 Å². The molecule has 0 saturated carbocycles. The maximum atomic E-state index is 3.63. The van der Waals surface area contributed by atoms with Crippen LogP contribution in [0.5, 0.6) is 0 Å². The van der Waals surface area contributed by atoms with Gasteiger partial charge in [-0.25, -0.2) is 0 Å². The van der Waals surface area contributed by atoms with Crippen molar-refractivity contribution < 1.29 is 0 Å². The van der Waals surface area contributed by atoms with Crippen molar-refractivity contribution in [1.82, 2.24) is 9.30 Å². The summed E-state index contributed by atoms with van der Waals surface area (Å²) in [5.41, 5.74) is 6.10. The zero-order chi connectivity index (χ0) is 14.4. The van der Waals surface area contributed by atoms with Crippen molar-refractivity contribution in [3.63, 3.8) is 0 Å². The molecule has 2 nitrogen and oxygen atoms in total. The average Bonchev–Trinajstić information content (AvgIpc) is 2.81. The highest BCUT2D eigenvalue weighted by molar-refractivity contribution is 9.10. The largest absolute Gasteiger partial charge is 0.320 e. The summed E-state index contributed by atoms with van der Waals surface area (Å²) in [7, 11) is 0. The first kappa shape index (κ1) is 16.4. The maximum absolute atomic E-state index is 3.63. The fraction of sp³-hybridized carbons (Fsp3) is 0.556. The van der Waals surface area contributed by atoms with E-state index >= 15 is 0 Å². The minimum absolute atomic E-state index is 0. The van der Waals surface area contributed by atoms with E-state index in [1.54, 1.807) is 11.3 Å². The molecule has 1 atom stereocenters. The second-order valence-corrected chi connectivity index (χ2v) is 7.51. The standard InChI is InChI=1S/C18H23BrN2.ClH/c1-13-17-12-14(19)8-11-21(17)16-7-5-6-15(18(13)16)20-9-3-2-4-10-20;/h8,11-12,15H,2-7,9-10H2,1H3;1H. The summed E-state index contributed by atoms with van der Waals surface area (Å²) in [4.78, 5) is 2.75. The Labute approximate surface area is 147 Å². The Balaban J connectivity index is 0.00000144. The van der Waals surface area contributed by atoms with Gasteiger partial charge in [0, 0.05) is 27.9 Å². The molecule has 1 aliphatic heterocycles. The maximum Gasteiger partial charge on any atom is 0.0496 e. The van der Waals surface area contributed by atoms with E-state index in [0.29, 0.717) is 6.04 Å². The Kier molecular flexibility index (Phi) is 4.86. The van der Waals surface area contributed by atoms with E-state index in [9.17, 15) is 0 Å². The van der Waals surface area contributed by atoms with Crippen LogP contribution in [-0.2, 0) is 6.42 Å². The molecule has 1 aliphatic carbocycles. The molecular formula is C18H24BrClN2. The molecule has 4 heteroatoms. The quantitative estimate of drug-likeness (QED) is 0.649. The summed E-state index contributed by atoms with van der Waals surface area (Å²) in [5.74, 6) is 0. The van der Waals surface area contributed by atoms with Crippen LogP contribution in [0.15, 0.2) is 22.8 Å². The molecule has 22 heavy (non-hydrogen) atoms. The lowest BCUT2D eigenvalue weighted by molar-refractivity contribution is 0.148. The number of nitrogens with zero attached hydrogens (tertiary/aromatic N) is 2. The van der Waals surface area contributed by atoms with Gasteiger partial charge in [0.25, 0.3) is 0 Å². The van der Waals surface area contributed by atoms with Crippen molar-refractivity contribution in [3.8, 4) is 0 Å². The molecule has 2 aromatic heterocycles. The van der Waals surface area contributed by atoms with Crippen LogP contribution in [0.1, 0.15) is 55.0 Å². The molecule has 3 heterocycles. The van der Waals surface area contributed by atoms with Gasteiger partial charge in [-0.2, -0.15) is 0 Å². The first-order valence-corrected chi connectivity index (χ1v) is 9.08. The molecule has 1 fully saturated rings. The van der Waals surface area contributed by atoms with Gasteiger partial charge in [0.05, 0.1) is 0 Å². The average molecular weight is 384 g/mol. The normalized spacial score (nSPS) is 22.4. The van der Waals surface area contributed by atoms with Crippen LogP contribution in [0, 0.1) is 6.92 Å². The minimum atomic E-state index is 0. The van der Waals surface area contributed by atoms with Crippen LogP contribution >= 0.6 is 28.3 Å². The zero-order valence-corrected chi connectivity index (χ0v) is 15.5. The molecule has 0 bridgehead atoms. The lowest BCUT2D eigenvalue weighted by atomic mass is 9.88. The van der Waals surface area contributed by atoms with Gasteiger partial charge in [0.2, 0.25) is 0 Å². The highest BCUT2D eigenvalue weighted by Crippen LogP contribution is 2.40. The first-order valence-electron chi connectivity index (χ1n) is 8.28. The topological polar surface area (TPSA) is 7.65 Å². The van der Waals surface area contributed by atoms with Crippen molar-refractivity contribution in [2.45, 2.75) is 51.5 Å². The number of aryl methyl sites for hydroxylation is 2. The molecule has 0 amide bonds. The summed E-state index contributed by atoms with van der Waals surface area (Å²) in [5, 5.41) is 0. The number of hydrogen-bond acceptors (Lipinski definition) is 1. The highest BCUT2D eigenvalue weighted by Gasteiger charge is 2.31. The molecule has 2 aliphatic rings. The molecule has 1 unspecified atom stereocenters. The van der Waals surface area contributed by atoms with E-state index in [1.807, 2.05) is 0 Å². The smallest absolute Gasteiger partial charge is 0.0496 e. The lowest BCUT2D eigenvalue weighted by Gasteiger charge is -2.37. The van der Waals surface area contributed by atoms with E-state index in [4.69, 9.17) is 0 Å². The summed E-state index contributed by atoms with van der Waals surface area (Å²) in [6.07, 6.45) is 10.3. The molecule has 2 aromatic rings. The summed E-state index contributed by atoms with van der Waals surface area (Å²) in [6, 6.07) is 5.10. The number of hydrogen-bond donors (Lipinski definition) is 0. The van der Waals surface area contributed by atoms with Gasteiger partial charge in [-0.3, -0.25) is 4.90 Å². The van der Waals surface area contributed by atoms with E-state index < -0.39 is 0 Å². The molecule has 4 rings (SSSR count). The summed E-state index contributed by atoms with van der Waals surface area (Å²) in [6.45, 7) is 4.90. The van der Waals surface area contributed by atoms with Crippen molar-refractivity contribution in [2.24, 2.45) is 0 Å². The Morgan fingerprint density at radius 1 is 1.14 bits per heavy atom. The second kappa shape index (κ2) is 6.54. The monoisotopic (exact) mass is 382 g/mol. The fourth-order valence-corrected chi connectivity index (χ4v) is 4.72. The van der Waals surface area contributed by atoms with Gasteiger partial charge < -0.3 is 4.40 Å². The Bertz CT molecular complexity index is 673. The number of halogens is 2. The van der Waals surface area contributed by atoms with Gasteiger partial charge in [0.15, 0.2) is 0 Å². The molecule has 0 N–H and O–H groups in total. The summed E-state index contributed by atoms with van der Waals surface area (Å²) < 4.78 is 3.62. The van der Waals surface area contributed by atoms with Gasteiger partial charge >= 0.3 is 0 Å². The van der Waals surface area contributed by atoms with E-state index in [0.717, 1.165) is 0 Å².